The summed E-state index contributed by atoms with van der Waals surface area (Å²) in [6.07, 6.45) is 0.307. The van der Waals surface area contributed by atoms with E-state index < -0.39 is 4.92 Å². The summed E-state index contributed by atoms with van der Waals surface area (Å²) in [7, 11) is 0. The number of rotatable bonds is 8. The van der Waals surface area contributed by atoms with Gasteiger partial charge in [-0.15, -0.1) is 0 Å². The molecule has 2 N–H and O–H groups in total. The Morgan fingerprint density at radius 2 is 1.66 bits per heavy atom. The van der Waals surface area contributed by atoms with Gasteiger partial charge in [0.15, 0.2) is 0 Å². The number of piperazine rings is 1. The molecule has 0 spiro atoms. The highest BCUT2D eigenvalue weighted by atomic mass is 19.1. The van der Waals surface area contributed by atoms with Crippen molar-refractivity contribution in [1.82, 2.24) is 9.80 Å². The molecule has 0 atom stereocenters. The Labute approximate surface area is 185 Å². The number of carbonyl (C=O) groups is 2. The smallest absolute Gasteiger partial charge is 0.269 e. The molecule has 2 aromatic carbocycles. The SMILES string of the molecule is Cc1cc([N+](=O)[O-])ccc1NC(=O)CCN1CCN(CC(=O)Nc2ccc(F)cc2)CC1. The van der Waals surface area contributed by atoms with Crippen molar-refractivity contribution in [1.29, 1.82) is 0 Å². The maximum Gasteiger partial charge on any atom is 0.269 e. The first-order valence-electron chi connectivity index (χ1n) is 10.3. The van der Waals surface area contributed by atoms with Gasteiger partial charge in [-0.1, -0.05) is 0 Å². The Morgan fingerprint density at radius 1 is 1.00 bits per heavy atom. The normalized spacial score (nSPS) is 14.7. The maximum absolute atomic E-state index is 12.9. The van der Waals surface area contributed by atoms with E-state index in [1.165, 1.54) is 36.4 Å². The van der Waals surface area contributed by atoms with E-state index in [0.717, 1.165) is 13.1 Å². The van der Waals surface area contributed by atoms with Crippen molar-refractivity contribution in [3.05, 3.63) is 64.0 Å². The van der Waals surface area contributed by atoms with Gasteiger partial charge < -0.3 is 15.5 Å². The Bertz CT molecular complexity index is 975. The quantitative estimate of drug-likeness (QED) is 0.480. The number of anilines is 2. The van der Waals surface area contributed by atoms with Gasteiger partial charge in [-0.25, -0.2) is 4.39 Å². The molecule has 1 aliphatic heterocycles. The molecule has 0 bridgehead atoms. The predicted octanol–water partition coefficient (Wildman–Crippen LogP) is 2.63. The number of non-ortho nitro benzene ring substituents is 1. The van der Waals surface area contributed by atoms with Crippen LogP contribution >= 0.6 is 0 Å². The lowest BCUT2D eigenvalue weighted by Gasteiger charge is -2.34. The highest BCUT2D eigenvalue weighted by Crippen LogP contribution is 2.21. The van der Waals surface area contributed by atoms with Crippen LogP contribution in [0.2, 0.25) is 0 Å². The molecule has 170 valence electrons. The summed E-state index contributed by atoms with van der Waals surface area (Å²) in [4.78, 5) is 39.0. The molecule has 9 nitrogen and oxygen atoms in total. The highest BCUT2D eigenvalue weighted by Gasteiger charge is 2.20. The minimum absolute atomic E-state index is 0.00952. The third-order valence-electron chi connectivity index (χ3n) is 5.31. The summed E-state index contributed by atoms with van der Waals surface area (Å²) < 4.78 is 12.9. The molecule has 0 aromatic heterocycles. The van der Waals surface area contributed by atoms with Gasteiger partial charge in [-0.05, 0) is 42.8 Å². The zero-order valence-electron chi connectivity index (χ0n) is 17.8. The van der Waals surface area contributed by atoms with Gasteiger partial charge in [0.25, 0.3) is 5.69 Å². The van der Waals surface area contributed by atoms with Gasteiger partial charge in [0.1, 0.15) is 5.82 Å². The fraction of sp³-hybridized carbons (Fsp3) is 0.364. The van der Waals surface area contributed by atoms with Crippen molar-refractivity contribution in [2.24, 2.45) is 0 Å². The summed E-state index contributed by atoms with van der Waals surface area (Å²) >= 11 is 0. The minimum atomic E-state index is -0.468. The van der Waals surface area contributed by atoms with Crippen molar-refractivity contribution in [3.63, 3.8) is 0 Å². The summed E-state index contributed by atoms with van der Waals surface area (Å²) in [6.45, 7) is 5.47. The van der Waals surface area contributed by atoms with Crippen LogP contribution in [0.15, 0.2) is 42.5 Å². The second kappa shape index (κ2) is 10.8. The summed E-state index contributed by atoms with van der Waals surface area (Å²) in [5, 5.41) is 16.4. The maximum atomic E-state index is 12.9. The number of amides is 2. The number of nitrogens with zero attached hydrogens (tertiary/aromatic N) is 3. The van der Waals surface area contributed by atoms with E-state index in [1.807, 2.05) is 4.90 Å². The van der Waals surface area contributed by atoms with Crippen molar-refractivity contribution < 1.29 is 18.9 Å². The van der Waals surface area contributed by atoms with Crippen molar-refractivity contribution >= 4 is 28.9 Å². The number of halogens is 1. The monoisotopic (exact) mass is 443 g/mol. The third-order valence-corrected chi connectivity index (χ3v) is 5.31. The number of nitro groups is 1. The minimum Gasteiger partial charge on any atom is -0.326 e. The lowest BCUT2D eigenvalue weighted by molar-refractivity contribution is -0.384. The molecule has 0 unspecified atom stereocenters. The molecular formula is C22H26FN5O4. The van der Waals surface area contributed by atoms with Crippen LogP contribution in [0.4, 0.5) is 21.5 Å². The molecule has 2 aromatic rings. The van der Waals surface area contributed by atoms with Crippen molar-refractivity contribution in [2.75, 3.05) is 49.9 Å². The van der Waals surface area contributed by atoms with Crippen LogP contribution in [0.1, 0.15) is 12.0 Å². The number of nitrogens with one attached hydrogen (secondary N) is 2. The fourth-order valence-electron chi connectivity index (χ4n) is 3.48. The second-order valence-electron chi connectivity index (χ2n) is 7.73. The highest BCUT2D eigenvalue weighted by molar-refractivity contribution is 5.92. The van der Waals surface area contributed by atoms with Gasteiger partial charge in [0.2, 0.25) is 11.8 Å². The molecule has 1 saturated heterocycles. The standard InChI is InChI=1S/C22H26FN5O4/c1-16-14-19(28(31)32)6-7-20(16)25-21(29)8-9-26-10-12-27(13-11-26)15-22(30)24-18-4-2-17(23)3-5-18/h2-7,14H,8-13,15H2,1H3,(H,24,30)(H,25,29). The lowest BCUT2D eigenvalue weighted by atomic mass is 10.1. The van der Waals surface area contributed by atoms with Crippen LogP contribution < -0.4 is 10.6 Å². The topological polar surface area (TPSA) is 108 Å². The number of carbonyl (C=O) groups excluding carboxylic acids is 2. The predicted molar refractivity (Wildman–Crippen MR) is 119 cm³/mol. The molecular weight excluding hydrogens is 417 g/mol. The van der Waals surface area contributed by atoms with E-state index in [4.69, 9.17) is 0 Å². The first-order valence-corrected chi connectivity index (χ1v) is 10.3. The summed E-state index contributed by atoms with van der Waals surface area (Å²) in [5.74, 6) is -0.651. The Morgan fingerprint density at radius 3 is 2.28 bits per heavy atom. The van der Waals surface area contributed by atoms with Gasteiger partial charge in [0, 0.05) is 62.7 Å². The zero-order valence-corrected chi connectivity index (χ0v) is 17.8. The van der Waals surface area contributed by atoms with Crippen LogP contribution in [0.25, 0.3) is 0 Å². The molecule has 0 aliphatic carbocycles. The van der Waals surface area contributed by atoms with E-state index in [9.17, 15) is 24.1 Å². The first kappa shape index (κ1) is 23.3. The zero-order chi connectivity index (χ0) is 23.1. The average molecular weight is 443 g/mol. The lowest BCUT2D eigenvalue weighted by Crippen LogP contribution is -2.49. The van der Waals surface area contributed by atoms with Gasteiger partial charge in [-0.2, -0.15) is 0 Å². The molecule has 0 radical (unpaired) electrons. The number of hydrogen-bond acceptors (Lipinski definition) is 6. The van der Waals surface area contributed by atoms with Crippen LogP contribution in [0, 0.1) is 22.9 Å². The summed E-state index contributed by atoms with van der Waals surface area (Å²) in [5.41, 5.74) is 1.76. The summed E-state index contributed by atoms with van der Waals surface area (Å²) in [6, 6.07) is 9.99. The van der Waals surface area contributed by atoms with E-state index in [2.05, 4.69) is 15.5 Å². The average Bonchev–Trinajstić information content (AvgIpc) is 2.76. The van der Waals surface area contributed by atoms with E-state index in [1.54, 1.807) is 13.0 Å². The molecule has 0 saturated carbocycles. The number of hydrogen-bond donors (Lipinski definition) is 2. The van der Waals surface area contributed by atoms with Gasteiger partial charge in [0.05, 0.1) is 11.5 Å². The fourth-order valence-corrected chi connectivity index (χ4v) is 3.48. The van der Waals surface area contributed by atoms with Crippen molar-refractivity contribution in [2.45, 2.75) is 13.3 Å². The Balaban J connectivity index is 1.36. The van der Waals surface area contributed by atoms with E-state index >= 15 is 0 Å². The largest absolute Gasteiger partial charge is 0.326 e. The third kappa shape index (κ3) is 6.82. The van der Waals surface area contributed by atoms with Gasteiger partial charge >= 0.3 is 0 Å². The molecule has 2 amide bonds. The van der Waals surface area contributed by atoms with Crippen LogP contribution in [-0.2, 0) is 9.59 Å². The van der Waals surface area contributed by atoms with E-state index in [0.29, 0.717) is 43.0 Å². The molecule has 1 aliphatic rings. The van der Waals surface area contributed by atoms with E-state index in [-0.39, 0.29) is 29.9 Å². The van der Waals surface area contributed by atoms with Gasteiger partial charge in [-0.3, -0.25) is 24.6 Å². The molecule has 1 fully saturated rings. The van der Waals surface area contributed by atoms with Crippen LogP contribution in [0.5, 0.6) is 0 Å². The first-order chi connectivity index (χ1) is 15.3. The van der Waals surface area contributed by atoms with Crippen molar-refractivity contribution in [3.8, 4) is 0 Å². The molecule has 10 heteroatoms. The second-order valence-corrected chi connectivity index (χ2v) is 7.73. The van der Waals surface area contributed by atoms with Crippen LogP contribution in [-0.4, -0.2) is 65.8 Å². The van der Waals surface area contributed by atoms with Crippen LogP contribution in [0.3, 0.4) is 0 Å². The Hall–Kier alpha value is -3.37. The molecule has 32 heavy (non-hydrogen) atoms. The number of aryl methyl sites for hydroxylation is 1. The molecule has 3 rings (SSSR count). The molecule has 1 heterocycles. The number of benzene rings is 2. The Kier molecular flexibility index (Phi) is 7.85. The number of nitro benzene ring substituents is 1.